The van der Waals surface area contributed by atoms with Crippen LogP contribution in [-0.4, -0.2) is 10.8 Å². The molecule has 0 saturated heterocycles. The van der Waals surface area contributed by atoms with E-state index in [1.165, 1.54) is 17.5 Å². The summed E-state index contributed by atoms with van der Waals surface area (Å²) in [5.74, 6) is 1.21. The summed E-state index contributed by atoms with van der Waals surface area (Å²) in [7, 11) is 0. The van der Waals surface area contributed by atoms with Crippen LogP contribution in [0, 0.1) is 5.41 Å². The Labute approximate surface area is 111 Å². The molecule has 0 spiro atoms. The van der Waals surface area contributed by atoms with Crippen molar-refractivity contribution in [1.82, 2.24) is 4.98 Å². The first kappa shape index (κ1) is 11.7. The van der Waals surface area contributed by atoms with Crippen molar-refractivity contribution in [2.24, 2.45) is 5.73 Å². The molecule has 0 fully saturated rings. The van der Waals surface area contributed by atoms with E-state index in [1.807, 2.05) is 6.07 Å². The van der Waals surface area contributed by atoms with Gasteiger partial charge in [0, 0.05) is 6.20 Å². The number of hydrogen-bond acceptors (Lipinski definition) is 3. The highest BCUT2D eigenvalue weighted by Crippen LogP contribution is 2.29. The summed E-state index contributed by atoms with van der Waals surface area (Å²) in [6.45, 7) is 0. The molecule has 1 heterocycles. The molecule has 0 unspecified atom stereocenters. The number of nitrogens with one attached hydrogen (secondary N) is 1. The van der Waals surface area contributed by atoms with Crippen LogP contribution in [0.4, 0.5) is 0 Å². The maximum Gasteiger partial charge on any atom is 0.156 e. The standard InChI is InChI=1S/C15H15N3O/c16-15(17)14-13(5-2-8-18-14)19-12-7-6-10-3-1-4-11(10)9-12/h2,5-9H,1,3-4H2,(H3,16,17). The summed E-state index contributed by atoms with van der Waals surface area (Å²) < 4.78 is 5.81. The van der Waals surface area contributed by atoms with Crippen LogP contribution in [0.2, 0.25) is 0 Å². The number of amidine groups is 1. The number of aryl methyl sites for hydroxylation is 2. The lowest BCUT2D eigenvalue weighted by atomic mass is 10.1. The number of aromatic nitrogens is 1. The van der Waals surface area contributed by atoms with E-state index >= 15 is 0 Å². The lowest BCUT2D eigenvalue weighted by Crippen LogP contribution is -2.14. The predicted molar refractivity (Wildman–Crippen MR) is 73.8 cm³/mol. The van der Waals surface area contributed by atoms with Gasteiger partial charge in [0.2, 0.25) is 0 Å². The van der Waals surface area contributed by atoms with Gasteiger partial charge in [-0.1, -0.05) is 6.07 Å². The number of pyridine rings is 1. The molecule has 0 bridgehead atoms. The Morgan fingerprint density at radius 2 is 2.05 bits per heavy atom. The van der Waals surface area contributed by atoms with Crippen LogP contribution in [-0.2, 0) is 12.8 Å². The second kappa shape index (κ2) is 4.72. The SMILES string of the molecule is N=C(N)c1ncccc1Oc1ccc2c(c1)CCC2. The Bertz CT molecular complexity index is 637. The van der Waals surface area contributed by atoms with E-state index in [0.29, 0.717) is 11.4 Å². The lowest BCUT2D eigenvalue weighted by molar-refractivity contribution is 0.478. The van der Waals surface area contributed by atoms with Gasteiger partial charge in [0.1, 0.15) is 17.3 Å². The van der Waals surface area contributed by atoms with Crippen molar-refractivity contribution in [3.05, 3.63) is 53.3 Å². The monoisotopic (exact) mass is 253 g/mol. The van der Waals surface area contributed by atoms with E-state index in [4.69, 9.17) is 15.9 Å². The second-order valence-electron chi connectivity index (χ2n) is 4.65. The average Bonchev–Trinajstić information content (AvgIpc) is 2.86. The van der Waals surface area contributed by atoms with Crippen LogP contribution in [0.1, 0.15) is 23.2 Å². The summed E-state index contributed by atoms with van der Waals surface area (Å²) >= 11 is 0. The molecule has 3 rings (SSSR count). The molecule has 1 aromatic heterocycles. The van der Waals surface area contributed by atoms with E-state index in [1.54, 1.807) is 18.3 Å². The summed E-state index contributed by atoms with van der Waals surface area (Å²) in [6, 6.07) is 9.69. The van der Waals surface area contributed by atoms with Crippen LogP contribution in [0.25, 0.3) is 0 Å². The number of nitrogens with zero attached hydrogens (tertiary/aromatic N) is 1. The molecule has 1 aliphatic carbocycles. The van der Waals surface area contributed by atoms with Crippen molar-refractivity contribution < 1.29 is 4.74 Å². The molecule has 0 atom stereocenters. The number of rotatable bonds is 3. The minimum atomic E-state index is -0.0863. The topological polar surface area (TPSA) is 72.0 Å². The van der Waals surface area contributed by atoms with Crippen molar-refractivity contribution in [3.63, 3.8) is 0 Å². The molecule has 3 N–H and O–H groups in total. The van der Waals surface area contributed by atoms with E-state index < -0.39 is 0 Å². The Balaban J connectivity index is 1.91. The van der Waals surface area contributed by atoms with Crippen molar-refractivity contribution in [1.29, 1.82) is 5.41 Å². The summed E-state index contributed by atoms with van der Waals surface area (Å²) in [4.78, 5) is 4.07. The minimum Gasteiger partial charge on any atom is -0.455 e. The van der Waals surface area contributed by atoms with E-state index in [-0.39, 0.29) is 5.84 Å². The zero-order valence-corrected chi connectivity index (χ0v) is 10.5. The number of ether oxygens (including phenoxy) is 1. The molecule has 0 saturated carbocycles. The Kier molecular flexibility index (Phi) is 2.91. The van der Waals surface area contributed by atoms with Gasteiger partial charge in [0.25, 0.3) is 0 Å². The highest BCUT2D eigenvalue weighted by atomic mass is 16.5. The molecule has 1 aliphatic rings. The van der Waals surface area contributed by atoms with Gasteiger partial charge in [0.15, 0.2) is 5.75 Å². The molecule has 19 heavy (non-hydrogen) atoms. The van der Waals surface area contributed by atoms with Gasteiger partial charge >= 0.3 is 0 Å². The third kappa shape index (κ3) is 2.29. The molecular formula is C15H15N3O. The highest BCUT2D eigenvalue weighted by Gasteiger charge is 2.13. The number of benzene rings is 1. The molecule has 2 aromatic rings. The quantitative estimate of drug-likeness (QED) is 0.652. The number of hydrogen-bond donors (Lipinski definition) is 2. The van der Waals surface area contributed by atoms with Crippen molar-refractivity contribution in [2.45, 2.75) is 19.3 Å². The molecule has 96 valence electrons. The van der Waals surface area contributed by atoms with Gasteiger partial charge in [-0.15, -0.1) is 0 Å². The lowest BCUT2D eigenvalue weighted by Gasteiger charge is -2.10. The van der Waals surface area contributed by atoms with Gasteiger partial charge < -0.3 is 10.5 Å². The van der Waals surface area contributed by atoms with Crippen molar-refractivity contribution >= 4 is 5.84 Å². The van der Waals surface area contributed by atoms with Crippen LogP contribution in [0.15, 0.2) is 36.5 Å². The number of nitrogens with two attached hydrogens (primary N) is 1. The van der Waals surface area contributed by atoms with Gasteiger partial charge in [0.05, 0.1) is 0 Å². The molecule has 1 aromatic carbocycles. The molecular weight excluding hydrogens is 238 g/mol. The zero-order valence-electron chi connectivity index (χ0n) is 10.5. The third-order valence-electron chi connectivity index (χ3n) is 3.32. The zero-order chi connectivity index (χ0) is 13.2. The van der Waals surface area contributed by atoms with Crippen LogP contribution in [0.5, 0.6) is 11.5 Å². The van der Waals surface area contributed by atoms with Crippen molar-refractivity contribution in [2.75, 3.05) is 0 Å². The average molecular weight is 253 g/mol. The Hall–Kier alpha value is -2.36. The fourth-order valence-corrected chi connectivity index (χ4v) is 2.41. The van der Waals surface area contributed by atoms with E-state index in [9.17, 15) is 0 Å². The summed E-state index contributed by atoms with van der Waals surface area (Å²) in [6.07, 6.45) is 5.08. The van der Waals surface area contributed by atoms with E-state index in [2.05, 4.69) is 17.1 Å². The normalized spacial score (nSPS) is 13.1. The van der Waals surface area contributed by atoms with Gasteiger partial charge in [-0.25, -0.2) is 4.98 Å². The summed E-state index contributed by atoms with van der Waals surface area (Å²) in [5, 5.41) is 7.50. The fourth-order valence-electron chi connectivity index (χ4n) is 2.41. The number of fused-ring (bicyclic) bond motifs is 1. The maximum absolute atomic E-state index is 7.50. The molecule has 0 radical (unpaired) electrons. The first-order chi connectivity index (χ1) is 9.24. The molecule has 4 nitrogen and oxygen atoms in total. The largest absolute Gasteiger partial charge is 0.455 e. The fraction of sp³-hybridized carbons (Fsp3) is 0.200. The second-order valence-corrected chi connectivity index (χ2v) is 4.65. The third-order valence-corrected chi connectivity index (χ3v) is 3.32. The Morgan fingerprint density at radius 3 is 2.89 bits per heavy atom. The summed E-state index contributed by atoms with van der Waals surface area (Å²) in [5.41, 5.74) is 8.64. The van der Waals surface area contributed by atoms with Gasteiger partial charge in [-0.05, 0) is 54.7 Å². The Morgan fingerprint density at radius 1 is 1.21 bits per heavy atom. The predicted octanol–water partition coefficient (Wildman–Crippen LogP) is 2.65. The van der Waals surface area contributed by atoms with Gasteiger partial charge in [-0.3, -0.25) is 5.41 Å². The smallest absolute Gasteiger partial charge is 0.156 e. The molecule has 0 amide bonds. The highest BCUT2D eigenvalue weighted by molar-refractivity contribution is 5.95. The van der Waals surface area contributed by atoms with Gasteiger partial charge in [-0.2, -0.15) is 0 Å². The van der Waals surface area contributed by atoms with Crippen molar-refractivity contribution in [3.8, 4) is 11.5 Å². The minimum absolute atomic E-state index is 0.0863. The first-order valence-electron chi connectivity index (χ1n) is 6.33. The maximum atomic E-state index is 7.50. The number of nitrogen functional groups attached to an aromatic ring is 1. The first-order valence-corrected chi connectivity index (χ1v) is 6.33. The molecule has 0 aliphatic heterocycles. The molecule has 4 heteroatoms. The van der Waals surface area contributed by atoms with E-state index in [0.717, 1.165) is 18.6 Å². The van der Waals surface area contributed by atoms with Crippen LogP contribution in [0.3, 0.4) is 0 Å². The van der Waals surface area contributed by atoms with Crippen LogP contribution >= 0.6 is 0 Å². The van der Waals surface area contributed by atoms with Crippen LogP contribution < -0.4 is 10.5 Å².